The standard InChI is InChI=1S/C16H14F3N3O2S/c1-10-12(20-7-6-14(10)24-9-16(17,18)19)8-25-15-21-11-4-2-3-5-13(11)22(15)23/h2-7,23H,8-9H2,1H3. The van der Waals surface area contributed by atoms with E-state index in [2.05, 4.69) is 9.97 Å². The predicted molar refractivity (Wildman–Crippen MR) is 87.0 cm³/mol. The topological polar surface area (TPSA) is 60.2 Å². The normalized spacial score (nSPS) is 11.8. The van der Waals surface area contributed by atoms with Crippen molar-refractivity contribution < 1.29 is 23.1 Å². The third-order valence-electron chi connectivity index (χ3n) is 3.50. The molecule has 5 nitrogen and oxygen atoms in total. The third-order valence-corrected chi connectivity index (χ3v) is 4.44. The summed E-state index contributed by atoms with van der Waals surface area (Å²) in [7, 11) is 0. The highest BCUT2D eigenvalue weighted by Crippen LogP contribution is 2.29. The number of hydrogen-bond donors (Lipinski definition) is 1. The molecule has 0 saturated carbocycles. The third kappa shape index (κ3) is 3.98. The molecule has 1 aromatic carbocycles. The first-order chi connectivity index (χ1) is 11.8. The predicted octanol–water partition coefficient (Wildman–Crippen LogP) is 4.21. The highest BCUT2D eigenvalue weighted by molar-refractivity contribution is 7.98. The number of nitrogens with zero attached hydrogens (tertiary/aromatic N) is 3. The largest absolute Gasteiger partial charge is 0.484 e. The van der Waals surface area contributed by atoms with Crippen LogP contribution in [0.1, 0.15) is 11.3 Å². The monoisotopic (exact) mass is 369 g/mol. The Kier molecular flexibility index (Phi) is 4.76. The zero-order valence-electron chi connectivity index (χ0n) is 13.1. The summed E-state index contributed by atoms with van der Waals surface area (Å²) in [5, 5.41) is 10.5. The molecule has 3 rings (SSSR count). The van der Waals surface area contributed by atoms with Crippen molar-refractivity contribution in [2.24, 2.45) is 0 Å². The fourth-order valence-electron chi connectivity index (χ4n) is 2.24. The van der Waals surface area contributed by atoms with E-state index in [0.717, 1.165) is 4.73 Å². The van der Waals surface area contributed by atoms with Gasteiger partial charge in [0.05, 0.1) is 11.2 Å². The maximum Gasteiger partial charge on any atom is 0.422 e. The van der Waals surface area contributed by atoms with Crippen LogP contribution in [-0.2, 0) is 5.75 Å². The lowest BCUT2D eigenvalue weighted by molar-refractivity contribution is -0.153. The molecule has 0 radical (unpaired) electrons. The molecule has 3 aromatic rings. The highest BCUT2D eigenvalue weighted by Gasteiger charge is 2.28. The lowest BCUT2D eigenvalue weighted by atomic mass is 10.2. The quantitative estimate of drug-likeness (QED) is 0.539. The number of ether oxygens (including phenoxy) is 1. The Morgan fingerprint density at radius 2 is 2.00 bits per heavy atom. The van der Waals surface area contributed by atoms with Gasteiger partial charge in [-0.1, -0.05) is 23.9 Å². The molecule has 0 bridgehead atoms. The first-order valence-electron chi connectivity index (χ1n) is 7.29. The van der Waals surface area contributed by atoms with Gasteiger partial charge < -0.3 is 9.94 Å². The molecule has 0 amide bonds. The number of aromatic nitrogens is 3. The number of rotatable bonds is 5. The summed E-state index contributed by atoms with van der Waals surface area (Å²) in [6.07, 6.45) is -3.00. The van der Waals surface area contributed by atoms with Crippen molar-refractivity contribution in [1.82, 2.24) is 14.7 Å². The van der Waals surface area contributed by atoms with Gasteiger partial charge in [0.25, 0.3) is 0 Å². The average molecular weight is 369 g/mol. The van der Waals surface area contributed by atoms with Crippen molar-refractivity contribution in [2.75, 3.05) is 6.61 Å². The lowest BCUT2D eigenvalue weighted by Gasteiger charge is -2.13. The number of hydrogen-bond acceptors (Lipinski definition) is 5. The molecule has 0 aliphatic rings. The fraction of sp³-hybridized carbons (Fsp3) is 0.250. The molecule has 0 unspecified atom stereocenters. The van der Waals surface area contributed by atoms with Crippen molar-refractivity contribution in [3.8, 4) is 5.75 Å². The number of alkyl halides is 3. The minimum absolute atomic E-state index is 0.139. The van der Waals surface area contributed by atoms with Gasteiger partial charge in [0, 0.05) is 17.5 Å². The maximum absolute atomic E-state index is 12.3. The fourth-order valence-corrected chi connectivity index (χ4v) is 3.18. The Bertz CT molecular complexity index is 896. The number of imidazole rings is 1. The van der Waals surface area contributed by atoms with Gasteiger partial charge in [0.2, 0.25) is 5.16 Å². The van der Waals surface area contributed by atoms with Crippen LogP contribution in [0.4, 0.5) is 13.2 Å². The highest BCUT2D eigenvalue weighted by atomic mass is 32.2. The van der Waals surface area contributed by atoms with E-state index in [1.165, 1.54) is 24.0 Å². The summed E-state index contributed by atoms with van der Waals surface area (Å²) in [5.41, 5.74) is 2.33. The number of thioether (sulfide) groups is 1. The Hall–Kier alpha value is -2.42. The van der Waals surface area contributed by atoms with E-state index in [1.54, 1.807) is 25.1 Å². The van der Waals surface area contributed by atoms with Crippen molar-refractivity contribution in [3.63, 3.8) is 0 Å². The van der Waals surface area contributed by atoms with Crippen LogP contribution in [-0.4, -0.2) is 32.7 Å². The van der Waals surface area contributed by atoms with Crippen molar-refractivity contribution in [2.45, 2.75) is 24.0 Å². The van der Waals surface area contributed by atoms with Crippen LogP contribution < -0.4 is 4.74 Å². The van der Waals surface area contributed by atoms with E-state index in [1.807, 2.05) is 6.07 Å². The smallest absolute Gasteiger partial charge is 0.422 e. The van der Waals surface area contributed by atoms with Gasteiger partial charge in [0.1, 0.15) is 11.3 Å². The van der Waals surface area contributed by atoms with Crippen LogP contribution in [0, 0.1) is 6.92 Å². The van der Waals surface area contributed by atoms with E-state index in [9.17, 15) is 18.4 Å². The molecule has 25 heavy (non-hydrogen) atoms. The maximum atomic E-state index is 12.3. The Morgan fingerprint density at radius 1 is 1.24 bits per heavy atom. The van der Waals surface area contributed by atoms with Gasteiger partial charge in [-0.15, -0.1) is 0 Å². The second kappa shape index (κ2) is 6.83. The molecule has 0 spiro atoms. The van der Waals surface area contributed by atoms with Gasteiger partial charge in [-0.25, -0.2) is 4.98 Å². The second-order valence-electron chi connectivity index (χ2n) is 5.27. The summed E-state index contributed by atoms with van der Waals surface area (Å²) in [6, 6.07) is 8.52. The molecule has 1 N–H and O–H groups in total. The Morgan fingerprint density at radius 3 is 2.72 bits per heavy atom. The number of fused-ring (bicyclic) bond motifs is 1. The van der Waals surface area contributed by atoms with Crippen LogP contribution in [0.3, 0.4) is 0 Å². The van der Waals surface area contributed by atoms with Crippen LogP contribution in [0.5, 0.6) is 5.75 Å². The number of pyridine rings is 1. The zero-order chi connectivity index (χ0) is 18.0. The summed E-state index contributed by atoms with van der Waals surface area (Å²) in [6.45, 7) is 0.299. The number of benzene rings is 1. The van der Waals surface area contributed by atoms with Gasteiger partial charge in [-0.3, -0.25) is 4.98 Å². The molecule has 132 valence electrons. The lowest BCUT2D eigenvalue weighted by Crippen LogP contribution is -2.19. The van der Waals surface area contributed by atoms with Gasteiger partial charge in [-0.2, -0.15) is 17.9 Å². The summed E-state index contributed by atoms with van der Waals surface area (Å²) < 4.78 is 42.7. The van der Waals surface area contributed by atoms with Crippen LogP contribution in [0.15, 0.2) is 41.7 Å². The van der Waals surface area contributed by atoms with Crippen molar-refractivity contribution in [3.05, 3.63) is 47.8 Å². The minimum atomic E-state index is -4.40. The molecule has 9 heteroatoms. The first-order valence-corrected chi connectivity index (χ1v) is 8.27. The van der Waals surface area contributed by atoms with E-state index in [0.29, 0.717) is 33.2 Å². The summed E-state index contributed by atoms with van der Waals surface area (Å²) in [5.74, 6) is 0.472. The second-order valence-corrected chi connectivity index (χ2v) is 6.21. The zero-order valence-corrected chi connectivity index (χ0v) is 13.9. The molecule has 0 saturated heterocycles. The Labute approximate surface area is 145 Å². The van der Waals surface area contributed by atoms with Crippen molar-refractivity contribution >= 4 is 22.8 Å². The van der Waals surface area contributed by atoms with Crippen molar-refractivity contribution in [1.29, 1.82) is 0 Å². The van der Waals surface area contributed by atoms with Crippen LogP contribution in [0.2, 0.25) is 0 Å². The minimum Gasteiger partial charge on any atom is -0.484 e. The van der Waals surface area contributed by atoms with Crippen LogP contribution in [0.25, 0.3) is 11.0 Å². The van der Waals surface area contributed by atoms with Gasteiger partial charge in [-0.05, 0) is 25.1 Å². The molecular formula is C16H14F3N3O2S. The van der Waals surface area contributed by atoms with Gasteiger partial charge in [0.15, 0.2) is 6.61 Å². The first kappa shape index (κ1) is 17.4. The molecule has 0 aliphatic heterocycles. The molecule has 2 aromatic heterocycles. The number of halogens is 3. The average Bonchev–Trinajstić information content (AvgIpc) is 2.89. The number of para-hydroxylation sites is 2. The van der Waals surface area contributed by atoms with E-state index in [4.69, 9.17) is 4.74 Å². The SMILES string of the molecule is Cc1c(OCC(F)(F)F)ccnc1CSc1nc2ccccc2n1O. The molecular weight excluding hydrogens is 355 g/mol. The van der Waals surface area contributed by atoms with E-state index in [-0.39, 0.29) is 5.75 Å². The Balaban J connectivity index is 1.75. The summed E-state index contributed by atoms with van der Waals surface area (Å²) >= 11 is 1.23. The van der Waals surface area contributed by atoms with Gasteiger partial charge >= 0.3 is 6.18 Å². The van der Waals surface area contributed by atoms with E-state index < -0.39 is 12.8 Å². The molecule has 0 fully saturated rings. The van der Waals surface area contributed by atoms with Crippen LogP contribution >= 0.6 is 11.8 Å². The van der Waals surface area contributed by atoms with E-state index >= 15 is 0 Å². The molecule has 2 heterocycles. The molecule has 0 aliphatic carbocycles. The molecule has 0 atom stereocenters. The summed E-state index contributed by atoms with van der Waals surface area (Å²) in [4.78, 5) is 8.50.